The lowest BCUT2D eigenvalue weighted by atomic mass is 9.98. The Morgan fingerprint density at radius 3 is 2.76 bits per heavy atom. The number of thioether (sulfide) groups is 1. The Kier molecular flexibility index (Phi) is 7.20. The highest BCUT2D eigenvalue weighted by Gasteiger charge is 2.18. The Morgan fingerprint density at radius 1 is 1.28 bits per heavy atom. The fraction of sp³-hybridized carbons (Fsp3) is 0.650. The van der Waals surface area contributed by atoms with Crippen LogP contribution in [0.1, 0.15) is 37.3 Å². The molecule has 1 unspecified atom stereocenters. The summed E-state index contributed by atoms with van der Waals surface area (Å²) in [4.78, 5) is 14.8. The number of hydrogen-bond acceptors (Lipinski definition) is 4. The average molecular weight is 362 g/mol. The second-order valence-corrected chi connectivity index (χ2v) is 8.58. The van der Waals surface area contributed by atoms with Gasteiger partial charge in [-0.3, -0.25) is 9.69 Å². The van der Waals surface area contributed by atoms with Gasteiger partial charge in [-0.15, -0.1) is 0 Å². The molecule has 1 atom stereocenters. The molecule has 3 rings (SSSR count). The molecule has 2 N–H and O–H groups in total. The first kappa shape index (κ1) is 18.7. The average Bonchev–Trinajstić information content (AvgIpc) is 2.64. The van der Waals surface area contributed by atoms with Gasteiger partial charge in [0.25, 0.3) is 0 Å². The highest BCUT2D eigenvalue weighted by Crippen LogP contribution is 2.19. The molecule has 5 heteroatoms. The molecule has 25 heavy (non-hydrogen) atoms. The second kappa shape index (κ2) is 9.60. The number of likely N-dealkylation sites (tertiary alicyclic amines) is 1. The Hall–Kier alpha value is -1.04. The minimum absolute atomic E-state index is 0.154. The van der Waals surface area contributed by atoms with Crippen molar-refractivity contribution in [3.05, 3.63) is 35.4 Å². The number of amides is 1. The van der Waals surface area contributed by atoms with Crippen LogP contribution in [-0.4, -0.2) is 48.0 Å². The van der Waals surface area contributed by atoms with Crippen LogP contribution in [0.5, 0.6) is 0 Å². The largest absolute Gasteiger partial charge is 0.352 e. The topological polar surface area (TPSA) is 44.4 Å². The first-order valence-electron chi connectivity index (χ1n) is 9.57. The number of hydrogen-bond donors (Lipinski definition) is 2. The fourth-order valence-electron chi connectivity index (χ4n) is 3.59. The van der Waals surface area contributed by atoms with Gasteiger partial charge in [0.2, 0.25) is 5.91 Å². The normalized spacial score (nSPS) is 22.7. The molecule has 2 saturated heterocycles. The minimum atomic E-state index is 0.154. The van der Waals surface area contributed by atoms with Crippen molar-refractivity contribution < 1.29 is 4.79 Å². The van der Waals surface area contributed by atoms with Crippen molar-refractivity contribution in [1.82, 2.24) is 15.5 Å². The summed E-state index contributed by atoms with van der Waals surface area (Å²) in [5.41, 5.74) is 2.60. The molecule has 2 aliphatic rings. The number of nitrogens with zero attached hydrogens (tertiary/aromatic N) is 1. The highest BCUT2D eigenvalue weighted by molar-refractivity contribution is 7.99. The lowest BCUT2D eigenvalue weighted by Crippen LogP contribution is -2.41. The molecule has 1 amide bonds. The third-order valence-corrected chi connectivity index (χ3v) is 6.43. The van der Waals surface area contributed by atoms with Crippen molar-refractivity contribution in [2.75, 3.05) is 31.1 Å². The zero-order chi connectivity index (χ0) is 17.5. The van der Waals surface area contributed by atoms with Gasteiger partial charge in [-0.2, -0.15) is 11.8 Å². The van der Waals surface area contributed by atoms with Crippen LogP contribution < -0.4 is 10.6 Å². The van der Waals surface area contributed by atoms with Crippen molar-refractivity contribution in [2.45, 2.75) is 45.3 Å². The van der Waals surface area contributed by atoms with Crippen LogP contribution >= 0.6 is 11.8 Å². The zero-order valence-corrected chi connectivity index (χ0v) is 16.1. The molecule has 0 radical (unpaired) electrons. The number of carbonyl (C=O) groups is 1. The van der Waals surface area contributed by atoms with E-state index in [0.717, 1.165) is 30.5 Å². The summed E-state index contributed by atoms with van der Waals surface area (Å²) in [6.07, 6.45) is 3.18. The van der Waals surface area contributed by atoms with Gasteiger partial charge in [-0.1, -0.05) is 31.2 Å². The van der Waals surface area contributed by atoms with Crippen LogP contribution in [0, 0.1) is 5.92 Å². The number of rotatable bonds is 6. The molecule has 2 fully saturated rings. The van der Waals surface area contributed by atoms with Crippen molar-refractivity contribution in [3.63, 3.8) is 0 Å². The first-order chi connectivity index (χ1) is 12.2. The molecule has 0 aromatic heterocycles. The summed E-state index contributed by atoms with van der Waals surface area (Å²) < 4.78 is 0. The van der Waals surface area contributed by atoms with E-state index in [1.54, 1.807) is 0 Å². The molecular formula is C20H31N3OS. The third-order valence-electron chi connectivity index (χ3n) is 5.29. The van der Waals surface area contributed by atoms with Crippen LogP contribution in [0.4, 0.5) is 0 Å². The molecule has 0 bridgehead atoms. The van der Waals surface area contributed by atoms with E-state index in [2.05, 4.69) is 46.7 Å². The Labute approximate surface area is 156 Å². The second-order valence-electron chi connectivity index (χ2n) is 7.43. The molecule has 4 nitrogen and oxygen atoms in total. The van der Waals surface area contributed by atoms with Crippen molar-refractivity contribution in [2.24, 2.45) is 5.92 Å². The van der Waals surface area contributed by atoms with E-state index >= 15 is 0 Å². The third kappa shape index (κ3) is 6.01. The molecule has 138 valence electrons. The summed E-state index contributed by atoms with van der Waals surface area (Å²) in [6, 6.07) is 8.86. The van der Waals surface area contributed by atoms with Gasteiger partial charge < -0.3 is 10.6 Å². The SMILES string of the molecule is CC1CCN(Cc2ccccc2CNC(=O)CC2CSCCN2)CC1. The lowest BCUT2D eigenvalue weighted by Gasteiger charge is -2.30. The highest BCUT2D eigenvalue weighted by atomic mass is 32.2. The zero-order valence-electron chi connectivity index (χ0n) is 15.3. The molecule has 2 heterocycles. The van der Waals surface area contributed by atoms with Gasteiger partial charge in [-0.25, -0.2) is 0 Å². The number of carbonyl (C=O) groups excluding carboxylic acids is 1. The number of benzene rings is 1. The van der Waals surface area contributed by atoms with E-state index in [-0.39, 0.29) is 5.91 Å². The predicted octanol–water partition coefficient (Wildman–Crippen LogP) is 2.63. The smallest absolute Gasteiger partial charge is 0.221 e. The van der Waals surface area contributed by atoms with E-state index in [1.165, 1.54) is 37.1 Å². The van der Waals surface area contributed by atoms with Gasteiger partial charge >= 0.3 is 0 Å². The van der Waals surface area contributed by atoms with E-state index in [9.17, 15) is 4.79 Å². The quantitative estimate of drug-likeness (QED) is 0.818. The van der Waals surface area contributed by atoms with Crippen molar-refractivity contribution in [3.8, 4) is 0 Å². The predicted molar refractivity (Wildman–Crippen MR) is 106 cm³/mol. The lowest BCUT2D eigenvalue weighted by molar-refractivity contribution is -0.121. The Balaban J connectivity index is 1.49. The molecular weight excluding hydrogens is 330 g/mol. The van der Waals surface area contributed by atoms with Gasteiger partial charge in [0.15, 0.2) is 0 Å². The van der Waals surface area contributed by atoms with Crippen LogP contribution in [0.2, 0.25) is 0 Å². The molecule has 1 aromatic rings. The van der Waals surface area contributed by atoms with E-state index in [4.69, 9.17) is 0 Å². The first-order valence-corrected chi connectivity index (χ1v) is 10.7. The van der Waals surface area contributed by atoms with Crippen LogP contribution in [0.3, 0.4) is 0 Å². The van der Waals surface area contributed by atoms with Crippen LogP contribution in [0.25, 0.3) is 0 Å². The van der Waals surface area contributed by atoms with Crippen molar-refractivity contribution >= 4 is 17.7 Å². The Bertz CT molecular complexity index is 552. The molecule has 0 aliphatic carbocycles. The molecule has 2 aliphatic heterocycles. The van der Waals surface area contributed by atoms with Gasteiger partial charge in [0.1, 0.15) is 0 Å². The minimum Gasteiger partial charge on any atom is -0.352 e. The molecule has 0 saturated carbocycles. The summed E-state index contributed by atoms with van der Waals surface area (Å²) in [5.74, 6) is 3.21. The monoisotopic (exact) mass is 361 g/mol. The fourth-order valence-corrected chi connectivity index (χ4v) is 4.53. The summed E-state index contributed by atoms with van der Waals surface area (Å²) in [6.45, 7) is 7.37. The van der Waals surface area contributed by atoms with Crippen LogP contribution in [-0.2, 0) is 17.9 Å². The maximum Gasteiger partial charge on any atom is 0.221 e. The van der Waals surface area contributed by atoms with Gasteiger partial charge in [0.05, 0.1) is 0 Å². The summed E-state index contributed by atoms with van der Waals surface area (Å²) >= 11 is 1.93. The van der Waals surface area contributed by atoms with E-state index < -0.39 is 0 Å². The number of piperidine rings is 1. The van der Waals surface area contributed by atoms with Gasteiger partial charge in [-0.05, 0) is 43.0 Å². The summed E-state index contributed by atoms with van der Waals surface area (Å²) in [5, 5.41) is 6.55. The van der Waals surface area contributed by atoms with Gasteiger partial charge in [0, 0.05) is 43.6 Å². The molecule has 1 aromatic carbocycles. The standard InChI is InChI=1S/C20H31N3OS/c1-16-6-9-23(10-7-16)14-18-5-3-2-4-17(18)13-22-20(24)12-19-15-25-11-8-21-19/h2-5,16,19,21H,6-15H2,1H3,(H,22,24). The van der Waals surface area contributed by atoms with E-state index in [1.807, 2.05) is 11.8 Å². The maximum absolute atomic E-state index is 12.3. The van der Waals surface area contributed by atoms with Crippen LogP contribution in [0.15, 0.2) is 24.3 Å². The molecule has 0 spiro atoms. The van der Waals surface area contributed by atoms with Crippen molar-refractivity contribution in [1.29, 1.82) is 0 Å². The maximum atomic E-state index is 12.3. The van der Waals surface area contributed by atoms with E-state index in [0.29, 0.717) is 19.0 Å². The summed E-state index contributed by atoms with van der Waals surface area (Å²) in [7, 11) is 0. The number of nitrogens with one attached hydrogen (secondary N) is 2. The Morgan fingerprint density at radius 2 is 2.04 bits per heavy atom.